The van der Waals surface area contributed by atoms with E-state index < -0.39 is 0 Å². The molecule has 0 aromatic carbocycles. The van der Waals surface area contributed by atoms with Gasteiger partial charge in [0.15, 0.2) is 0 Å². The van der Waals surface area contributed by atoms with Gasteiger partial charge in [-0.25, -0.2) is 0 Å². The number of aryl methyl sites for hydroxylation is 1. The summed E-state index contributed by atoms with van der Waals surface area (Å²) in [4.78, 5) is 13.8. The molecular formula is C18H25N5O2. The minimum Gasteiger partial charge on any atom is -0.379 e. The Labute approximate surface area is 148 Å². The molecule has 7 nitrogen and oxygen atoms in total. The number of aromatic nitrogens is 3. The van der Waals surface area contributed by atoms with E-state index in [0.717, 1.165) is 69.9 Å². The normalized spacial score (nSPS) is 20.1. The second kappa shape index (κ2) is 7.49. The second-order valence-electron chi connectivity index (χ2n) is 6.66. The number of piperidine rings is 1. The fraction of sp³-hybridized carbons (Fsp3) is 0.611. The highest BCUT2D eigenvalue weighted by atomic mass is 16.5. The molecule has 7 heteroatoms. The van der Waals surface area contributed by atoms with Crippen molar-refractivity contribution >= 4 is 5.95 Å². The number of ether oxygens (including phenoxy) is 1. The van der Waals surface area contributed by atoms with E-state index >= 15 is 0 Å². The van der Waals surface area contributed by atoms with Gasteiger partial charge >= 0.3 is 0 Å². The van der Waals surface area contributed by atoms with Crippen molar-refractivity contribution in [3.05, 3.63) is 24.0 Å². The van der Waals surface area contributed by atoms with Gasteiger partial charge in [-0.1, -0.05) is 6.92 Å². The van der Waals surface area contributed by atoms with Crippen LogP contribution in [0.5, 0.6) is 0 Å². The molecule has 2 aliphatic heterocycles. The molecule has 0 amide bonds. The lowest BCUT2D eigenvalue weighted by Crippen LogP contribution is -2.49. The van der Waals surface area contributed by atoms with E-state index in [1.54, 1.807) is 6.20 Å². The van der Waals surface area contributed by atoms with Crippen LogP contribution < -0.4 is 4.90 Å². The summed E-state index contributed by atoms with van der Waals surface area (Å²) in [5.74, 6) is 1.23. The predicted molar refractivity (Wildman–Crippen MR) is 94.5 cm³/mol. The summed E-state index contributed by atoms with van der Waals surface area (Å²) in [5.41, 5.74) is 1.94. The van der Waals surface area contributed by atoms with E-state index in [1.165, 1.54) is 0 Å². The van der Waals surface area contributed by atoms with Crippen LogP contribution in [-0.4, -0.2) is 65.5 Å². The number of anilines is 1. The molecular weight excluding hydrogens is 318 g/mol. The molecule has 0 aliphatic carbocycles. The van der Waals surface area contributed by atoms with E-state index in [4.69, 9.17) is 9.26 Å². The van der Waals surface area contributed by atoms with Crippen LogP contribution in [0.25, 0.3) is 11.5 Å². The maximum atomic E-state index is 5.45. The zero-order chi connectivity index (χ0) is 17.1. The van der Waals surface area contributed by atoms with Gasteiger partial charge in [-0.15, -0.1) is 0 Å². The minimum atomic E-state index is 0.542. The molecule has 134 valence electrons. The number of rotatable bonds is 4. The topological polar surface area (TPSA) is 67.5 Å². The van der Waals surface area contributed by atoms with E-state index in [0.29, 0.717) is 17.9 Å². The smallest absolute Gasteiger partial charge is 0.266 e. The van der Waals surface area contributed by atoms with Crippen LogP contribution in [0.4, 0.5) is 5.95 Å². The average molecular weight is 343 g/mol. The Morgan fingerprint density at radius 3 is 2.60 bits per heavy atom. The molecule has 0 atom stereocenters. The van der Waals surface area contributed by atoms with Crippen molar-refractivity contribution in [1.82, 2.24) is 20.0 Å². The summed E-state index contributed by atoms with van der Waals surface area (Å²) in [6.07, 6.45) is 5.00. The first-order valence-corrected chi connectivity index (χ1v) is 9.19. The molecule has 4 rings (SSSR count). The molecule has 2 saturated heterocycles. The zero-order valence-electron chi connectivity index (χ0n) is 14.7. The first-order valence-electron chi connectivity index (χ1n) is 9.19. The summed E-state index contributed by atoms with van der Waals surface area (Å²) in [7, 11) is 0. The van der Waals surface area contributed by atoms with E-state index in [1.807, 2.05) is 12.1 Å². The maximum absolute atomic E-state index is 5.45. The molecule has 0 N–H and O–H groups in total. The fourth-order valence-electron chi connectivity index (χ4n) is 3.60. The first kappa shape index (κ1) is 16.5. The van der Waals surface area contributed by atoms with Crippen LogP contribution in [0.3, 0.4) is 0 Å². The van der Waals surface area contributed by atoms with Gasteiger partial charge in [0.05, 0.1) is 18.8 Å². The highest BCUT2D eigenvalue weighted by Crippen LogP contribution is 2.24. The lowest BCUT2D eigenvalue weighted by Gasteiger charge is -2.39. The van der Waals surface area contributed by atoms with E-state index in [2.05, 4.69) is 31.8 Å². The van der Waals surface area contributed by atoms with Crippen molar-refractivity contribution in [3.63, 3.8) is 0 Å². The lowest BCUT2D eigenvalue weighted by atomic mass is 10.0. The number of pyridine rings is 1. The molecule has 0 saturated carbocycles. The molecule has 2 aromatic heterocycles. The van der Waals surface area contributed by atoms with Crippen molar-refractivity contribution in [2.75, 3.05) is 44.3 Å². The number of nitrogens with zero attached hydrogens (tertiary/aromatic N) is 5. The zero-order valence-corrected chi connectivity index (χ0v) is 14.7. The van der Waals surface area contributed by atoms with Gasteiger partial charge in [0, 0.05) is 44.1 Å². The molecule has 0 bridgehead atoms. The summed E-state index contributed by atoms with van der Waals surface area (Å²) < 4.78 is 10.9. The third kappa shape index (κ3) is 3.67. The Bertz CT molecular complexity index is 673. The van der Waals surface area contributed by atoms with Crippen LogP contribution in [0.15, 0.2) is 22.9 Å². The lowest BCUT2D eigenvalue weighted by molar-refractivity contribution is 0.0114. The van der Waals surface area contributed by atoms with Crippen molar-refractivity contribution in [2.45, 2.75) is 32.2 Å². The molecule has 0 spiro atoms. The van der Waals surface area contributed by atoms with Gasteiger partial charge in [-0.05, 0) is 36.6 Å². The first-order chi connectivity index (χ1) is 12.3. The van der Waals surface area contributed by atoms with Gasteiger partial charge in [-0.3, -0.25) is 9.88 Å². The standard InChI is InChI=1S/C18H25N5O2/c1-2-15-4-3-14(13-19-15)17-20-18(21-25-17)23-7-5-16(6-8-23)22-9-11-24-12-10-22/h3-4,13,16H,2,5-12H2,1H3. The van der Waals surface area contributed by atoms with Crippen LogP contribution in [0.2, 0.25) is 0 Å². The summed E-state index contributed by atoms with van der Waals surface area (Å²) in [6, 6.07) is 4.65. The average Bonchev–Trinajstić information content (AvgIpc) is 3.19. The monoisotopic (exact) mass is 343 g/mol. The predicted octanol–water partition coefficient (Wildman–Crippen LogP) is 1.99. The van der Waals surface area contributed by atoms with Gasteiger partial charge in [0.2, 0.25) is 0 Å². The number of hydrogen-bond donors (Lipinski definition) is 0. The SMILES string of the molecule is CCc1ccc(-c2nc(N3CCC(N4CCOCC4)CC3)no2)cn1. The largest absolute Gasteiger partial charge is 0.379 e. The van der Waals surface area contributed by atoms with Crippen LogP contribution in [0, 0.1) is 0 Å². The molecule has 25 heavy (non-hydrogen) atoms. The van der Waals surface area contributed by atoms with E-state index in [-0.39, 0.29) is 0 Å². The van der Waals surface area contributed by atoms with Gasteiger partial charge < -0.3 is 14.2 Å². The molecule has 4 heterocycles. The molecule has 0 radical (unpaired) electrons. The Morgan fingerprint density at radius 1 is 1.12 bits per heavy atom. The quantitative estimate of drug-likeness (QED) is 0.841. The van der Waals surface area contributed by atoms with Gasteiger partial charge in [0.1, 0.15) is 0 Å². The maximum Gasteiger partial charge on any atom is 0.266 e. The van der Waals surface area contributed by atoms with Crippen molar-refractivity contribution in [2.24, 2.45) is 0 Å². The Balaban J connectivity index is 1.37. The van der Waals surface area contributed by atoms with Crippen molar-refractivity contribution in [1.29, 1.82) is 0 Å². The second-order valence-corrected chi connectivity index (χ2v) is 6.66. The van der Waals surface area contributed by atoms with Crippen LogP contribution in [-0.2, 0) is 11.2 Å². The molecule has 2 fully saturated rings. The highest BCUT2D eigenvalue weighted by Gasteiger charge is 2.27. The van der Waals surface area contributed by atoms with Crippen molar-refractivity contribution in [3.8, 4) is 11.5 Å². The summed E-state index contributed by atoms with van der Waals surface area (Å²) >= 11 is 0. The van der Waals surface area contributed by atoms with Gasteiger partial charge in [-0.2, -0.15) is 4.98 Å². The molecule has 0 unspecified atom stereocenters. The molecule has 2 aliphatic rings. The summed E-state index contributed by atoms with van der Waals surface area (Å²) in [6.45, 7) is 7.85. The Morgan fingerprint density at radius 2 is 1.92 bits per heavy atom. The molecule has 2 aromatic rings. The van der Waals surface area contributed by atoms with E-state index in [9.17, 15) is 0 Å². The van der Waals surface area contributed by atoms with Crippen molar-refractivity contribution < 1.29 is 9.26 Å². The number of morpholine rings is 1. The third-order valence-electron chi connectivity index (χ3n) is 5.16. The highest BCUT2D eigenvalue weighted by molar-refractivity contribution is 5.53. The number of hydrogen-bond acceptors (Lipinski definition) is 7. The third-order valence-corrected chi connectivity index (χ3v) is 5.16. The Hall–Kier alpha value is -1.99. The van der Waals surface area contributed by atoms with Crippen LogP contribution >= 0.6 is 0 Å². The van der Waals surface area contributed by atoms with Crippen LogP contribution in [0.1, 0.15) is 25.5 Å². The minimum absolute atomic E-state index is 0.542. The fourth-order valence-corrected chi connectivity index (χ4v) is 3.60. The summed E-state index contributed by atoms with van der Waals surface area (Å²) in [5, 5.41) is 4.17. The Kier molecular flexibility index (Phi) is 4.94. The van der Waals surface area contributed by atoms with Gasteiger partial charge in [0.25, 0.3) is 11.8 Å².